The Hall–Kier alpha value is -0.350. The van der Waals surface area contributed by atoms with Crippen LogP contribution < -0.4 is 10.6 Å². The highest BCUT2D eigenvalue weighted by Gasteiger charge is 2.34. The normalized spacial score (nSPS) is 12.6. The van der Waals surface area contributed by atoms with E-state index in [0.29, 0.717) is 17.1 Å². The second-order valence-corrected chi connectivity index (χ2v) is 10.6. The number of alkyl halides is 3. The van der Waals surface area contributed by atoms with Crippen molar-refractivity contribution < 1.29 is 4.79 Å². The number of carbonyl (C=O) groups is 1. The van der Waals surface area contributed by atoms with Crippen LogP contribution in [0.15, 0.2) is 24.3 Å². The van der Waals surface area contributed by atoms with Crippen molar-refractivity contribution in [2.24, 2.45) is 0 Å². The number of unbranched alkanes of at least 4 members (excludes halogenated alkanes) is 11. The molecule has 1 aromatic carbocycles. The maximum Gasteiger partial charge on any atom is 0.228 e. The van der Waals surface area contributed by atoms with Crippen molar-refractivity contribution in [3.05, 3.63) is 29.3 Å². The van der Waals surface area contributed by atoms with Crippen LogP contribution in [-0.4, -0.2) is 15.9 Å². The molecule has 1 rings (SSSR count). The Morgan fingerprint density at radius 2 is 1.37 bits per heavy atom. The fraction of sp³-hybridized carbons (Fsp3) is 0.696. The third kappa shape index (κ3) is 13.1. The van der Waals surface area contributed by atoms with E-state index in [1.54, 1.807) is 12.1 Å². The molecule has 0 aliphatic heterocycles. The predicted octanol–water partition coefficient (Wildman–Crippen LogP) is 8.66. The van der Waals surface area contributed by atoms with Crippen molar-refractivity contribution in [1.29, 1.82) is 0 Å². The molecule has 0 unspecified atom stereocenters. The first kappa shape index (κ1) is 27.7. The molecule has 2 N–H and O–H groups in total. The third-order valence-electron chi connectivity index (χ3n) is 5.06. The molecule has 0 saturated carbocycles. The average Bonchev–Trinajstić information content (AvgIpc) is 2.69. The maximum absolute atomic E-state index is 12.3. The molecule has 0 aliphatic carbocycles. The molecule has 172 valence electrons. The van der Waals surface area contributed by atoms with E-state index in [-0.39, 0.29) is 5.91 Å². The quantitative estimate of drug-likeness (QED) is 0.136. The third-order valence-corrected chi connectivity index (χ3v) is 6.05. The molecule has 0 radical (unpaired) electrons. The van der Waals surface area contributed by atoms with Gasteiger partial charge in [0.25, 0.3) is 0 Å². The van der Waals surface area contributed by atoms with Gasteiger partial charge in [-0.1, -0.05) is 136 Å². The van der Waals surface area contributed by atoms with Crippen LogP contribution in [0.3, 0.4) is 0 Å². The molecular formula is C23H36Cl4N2O. The number of benzene rings is 1. The molecule has 0 aromatic heterocycles. The summed E-state index contributed by atoms with van der Waals surface area (Å²) in [4.78, 5) is 12.3. The smallest absolute Gasteiger partial charge is 0.228 e. The summed E-state index contributed by atoms with van der Waals surface area (Å²) in [5.41, 5.74) is 0.598. The topological polar surface area (TPSA) is 41.1 Å². The summed E-state index contributed by atoms with van der Waals surface area (Å²) in [6, 6.07) is 7.12. The lowest BCUT2D eigenvalue weighted by atomic mass is 10.0. The van der Waals surface area contributed by atoms with Crippen molar-refractivity contribution in [2.45, 2.75) is 100 Å². The highest BCUT2D eigenvalue weighted by Crippen LogP contribution is 2.32. The number of nitrogens with one attached hydrogen (secondary N) is 2. The van der Waals surface area contributed by atoms with Crippen LogP contribution in [0.4, 0.5) is 5.69 Å². The molecule has 0 fully saturated rings. The van der Waals surface area contributed by atoms with Crippen molar-refractivity contribution >= 4 is 58.0 Å². The lowest BCUT2D eigenvalue weighted by Crippen LogP contribution is -2.49. The molecule has 7 heteroatoms. The van der Waals surface area contributed by atoms with E-state index in [4.69, 9.17) is 46.4 Å². The molecule has 1 aromatic rings. The zero-order chi connectivity index (χ0) is 22.2. The number of hydrogen-bond acceptors (Lipinski definition) is 2. The Balaban J connectivity index is 2.17. The Morgan fingerprint density at radius 1 is 0.867 bits per heavy atom. The summed E-state index contributed by atoms with van der Waals surface area (Å²) in [7, 11) is 0. The number of carbonyl (C=O) groups excluding carboxylic acids is 1. The van der Waals surface area contributed by atoms with Crippen LogP contribution in [0.5, 0.6) is 0 Å². The summed E-state index contributed by atoms with van der Waals surface area (Å²) in [6.07, 6.45) is 14.6. The summed E-state index contributed by atoms with van der Waals surface area (Å²) in [6.45, 7) is 2.25. The molecule has 0 aliphatic rings. The lowest BCUT2D eigenvalue weighted by molar-refractivity contribution is -0.121. The molecule has 0 saturated heterocycles. The van der Waals surface area contributed by atoms with E-state index < -0.39 is 9.96 Å². The van der Waals surface area contributed by atoms with E-state index >= 15 is 0 Å². The van der Waals surface area contributed by atoms with Crippen molar-refractivity contribution in [2.75, 3.05) is 5.32 Å². The first-order valence-electron chi connectivity index (χ1n) is 11.2. The van der Waals surface area contributed by atoms with Gasteiger partial charge in [0.1, 0.15) is 6.17 Å². The predicted molar refractivity (Wildman–Crippen MR) is 133 cm³/mol. The van der Waals surface area contributed by atoms with Gasteiger partial charge in [-0.05, 0) is 18.6 Å². The number of amides is 1. The van der Waals surface area contributed by atoms with Gasteiger partial charge in [-0.2, -0.15) is 0 Å². The monoisotopic (exact) mass is 496 g/mol. The van der Waals surface area contributed by atoms with Gasteiger partial charge in [-0.3, -0.25) is 4.79 Å². The van der Waals surface area contributed by atoms with Crippen LogP contribution in [0, 0.1) is 0 Å². The Morgan fingerprint density at radius 3 is 1.87 bits per heavy atom. The van der Waals surface area contributed by atoms with E-state index in [1.165, 1.54) is 57.8 Å². The fourth-order valence-corrected chi connectivity index (χ4v) is 3.81. The van der Waals surface area contributed by atoms with Crippen molar-refractivity contribution in [1.82, 2.24) is 5.32 Å². The van der Waals surface area contributed by atoms with Crippen molar-refractivity contribution in [3.8, 4) is 0 Å². The zero-order valence-corrected chi connectivity index (χ0v) is 21.0. The SMILES string of the molecule is CCCCCCCCCCCCCCC(=O)N[C@H](Nc1ccccc1Cl)C(Cl)(Cl)Cl. The van der Waals surface area contributed by atoms with Crippen LogP contribution >= 0.6 is 46.4 Å². The van der Waals surface area contributed by atoms with Crippen LogP contribution in [0.1, 0.15) is 90.4 Å². The van der Waals surface area contributed by atoms with Gasteiger partial charge < -0.3 is 10.6 Å². The maximum atomic E-state index is 12.3. The number of rotatable bonds is 16. The molecule has 0 bridgehead atoms. The van der Waals surface area contributed by atoms with E-state index in [2.05, 4.69) is 17.6 Å². The summed E-state index contributed by atoms with van der Waals surface area (Å²) < 4.78 is -1.70. The number of halogens is 4. The number of anilines is 1. The first-order valence-corrected chi connectivity index (χ1v) is 12.7. The van der Waals surface area contributed by atoms with Gasteiger partial charge in [0.15, 0.2) is 0 Å². The van der Waals surface area contributed by atoms with Gasteiger partial charge in [0.05, 0.1) is 10.7 Å². The second kappa shape index (κ2) is 16.3. The van der Waals surface area contributed by atoms with E-state index in [0.717, 1.165) is 19.3 Å². The Labute approximate surface area is 202 Å². The van der Waals surface area contributed by atoms with Crippen LogP contribution in [0.2, 0.25) is 5.02 Å². The van der Waals surface area contributed by atoms with Gasteiger partial charge >= 0.3 is 0 Å². The Kier molecular flexibility index (Phi) is 15.0. The molecule has 0 spiro atoms. The first-order chi connectivity index (χ1) is 14.3. The molecule has 1 amide bonds. The van der Waals surface area contributed by atoms with Gasteiger partial charge in [-0.15, -0.1) is 0 Å². The van der Waals surface area contributed by atoms with Crippen molar-refractivity contribution in [3.63, 3.8) is 0 Å². The minimum Gasteiger partial charge on any atom is -0.361 e. The van der Waals surface area contributed by atoms with Crippen LogP contribution in [0.25, 0.3) is 0 Å². The lowest BCUT2D eigenvalue weighted by Gasteiger charge is -2.27. The number of para-hydroxylation sites is 1. The minimum absolute atomic E-state index is 0.141. The highest BCUT2D eigenvalue weighted by atomic mass is 35.6. The minimum atomic E-state index is -1.70. The van der Waals surface area contributed by atoms with Crippen LogP contribution in [-0.2, 0) is 4.79 Å². The molecule has 0 heterocycles. The summed E-state index contributed by atoms with van der Waals surface area (Å²) in [5, 5.41) is 6.26. The summed E-state index contributed by atoms with van der Waals surface area (Å²) >= 11 is 24.2. The van der Waals surface area contributed by atoms with Gasteiger partial charge in [0.2, 0.25) is 9.70 Å². The van der Waals surface area contributed by atoms with Gasteiger partial charge in [-0.25, -0.2) is 0 Å². The molecule has 1 atom stereocenters. The second-order valence-electron chi connectivity index (χ2n) is 7.81. The zero-order valence-electron chi connectivity index (χ0n) is 18.0. The standard InChI is InChI=1S/C23H36Cl4N2O/c1-2-3-4-5-6-7-8-9-10-11-12-13-18-21(30)29-22(23(25,26)27)28-20-17-15-14-16-19(20)24/h14-17,22,28H,2-13,18H2,1H3,(H,29,30)/t22-/m0/s1. The molecule has 30 heavy (non-hydrogen) atoms. The average molecular weight is 498 g/mol. The number of hydrogen-bond donors (Lipinski definition) is 2. The Bertz CT molecular complexity index is 593. The molecule has 3 nitrogen and oxygen atoms in total. The molecular weight excluding hydrogens is 462 g/mol. The largest absolute Gasteiger partial charge is 0.361 e. The van der Waals surface area contributed by atoms with E-state index in [9.17, 15) is 4.79 Å². The summed E-state index contributed by atoms with van der Waals surface area (Å²) in [5.74, 6) is -0.141. The van der Waals surface area contributed by atoms with E-state index in [1.807, 2.05) is 12.1 Å². The fourth-order valence-electron chi connectivity index (χ4n) is 3.29. The highest BCUT2D eigenvalue weighted by molar-refractivity contribution is 6.68. The van der Waals surface area contributed by atoms with Gasteiger partial charge in [0, 0.05) is 6.42 Å².